The van der Waals surface area contributed by atoms with Crippen LogP contribution in [0, 0.1) is 3.57 Å². The predicted molar refractivity (Wildman–Crippen MR) is 89.2 cm³/mol. The summed E-state index contributed by atoms with van der Waals surface area (Å²) in [4.78, 5) is 26.9. The number of hydrogen-bond donors (Lipinski definition) is 2. The lowest BCUT2D eigenvalue weighted by molar-refractivity contribution is -0.117. The molecular formula is C13H11IN2O4S. The van der Waals surface area contributed by atoms with Gasteiger partial charge in [0.2, 0.25) is 5.91 Å². The first-order chi connectivity index (χ1) is 9.90. The highest BCUT2D eigenvalue weighted by molar-refractivity contribution is 14.1. The fourth-order valence-electron chi connectivity index (χ4n) is 1.60. The van der Waals surface area contributed by atoms with E-state index >= 15 is 0 Å². The molecule has 1 aromatic rings. The van der Waals surface area contributed by atoms with Crippen molar-refractivity contribution in [2.45, 2.75) is 6.92 Å². The van der Waals surface area contributed by atoms with E-state index in [0.717, 1.165) is 11.8 Å². The zero-order valence-electron chi connectivity index (χ0n) is 11.1. The summed E-state index contributed by atoms with van der Waals surface area (Å²) in [5.41, 5.74) is 0.698. The SMILES string of the molecule is COc1cc(C=C2SC(NC(C)=O)=NC2=O)cc(I)c1O. The molecule has 0 radical (unpaired) electrons. The molecule has 2 amide bonds. The van der Waals surface area contributed by atoms with Gasteiger partial charge >= 0.3 is 0 Å². The normalized spacial score (nSPS) is 16.0. The maximum Gasteiger partial charge on any atom is 0.286 e. The van der Waals surface area contributed by atoms with Gasteiger partial charge in [0.15, 0.2) is 16.7 Å². The summed E-state index contributed by atoms with van der Waals surface area (Å²) in [5.74, 6) is -0.310. The van der Waals surface area contributed by atoms with Crippen molar-refractivity contribution in [3.8, 4) is 11.5 Å². The summed E-state index contributed by atoms with van der Waals surface area (Å²) < 4.78 is 5.68. The molecule has 110 valence electrons. The van der Waals surface area contributed by atoms with Crippen LogP contribution in [-0.2, 0) is 9.59 Å². The summed E-state index contributed by atoms with van der Waals surface area (Å²) in [7, 11) is 1.45. The number of aromatic hydroxyl groups is 1. The molecule has 0 unspecified atom stereocenters. The van der Waals surface area contributed by atoms with Crippen LogP contribution < -0.4 is 10.1 Å². The zero-order valence-corrected chi connectivity index (χ0v) is 14.1. The van der Waals surface area contributed by atoms with Crippen LogP contribution in [0.2, 0.25) is 0 Å². The first kappa shape index (κ1) is 15.8. The van der Waals surface area contributed by atoms with Crippen molar-refractivity contribution < 1.29 is 19.4 Å². The van der Waals surface area contributed by atoms with Crippen molar-refractivity contribution in [2.24, 2.45) is 4.99 Å². The van der Waals surface area contributed by atoms with Crippen LogP contribution in [0.4, 0.5) is 0 Å². The molecule has 0 atom stereocenters. The van der Waals surface area contributed by atoms with Gasteiger partial charge in [0, 0.05) is 6.92 Å². The number of nitrogens with one attached hydrogen (secondary N) is 1. The van der Waals surface area contributed by atoms with Crippen molar-refractivity contribution in [2.75, 3.05) is 7.11 Å². The van der Waals surface area contributed by atoms with Gasteiger partial charge in [0.05, 0.1) is 15.6 Å². The molecule has 0 aliphatic carbocycles. The number of rotatable bonds is 2. The van der Waals surface area contributed by atoms with Crippen molar-refractivity contribution in [3.63, 3.8) is 0 Å². The summed E-state index contributed by atoms with van der Waals surface area (Å²) >= 11 is 3.06. The molecule has 1 heterocycles. The molecule has 0 saturated carbocycles. The third kappa shape index (κ3) is 3.76. The number of amidine groups is 1. The molecule has 0 spiro atoms. The van der Waals surface area contributed by atoms with Gasteiger partial charge in [0.25, 0.3) is 5.91 Å². The number of hydrogen-bond acceptors (Lipinski definition) is 5. The number of aliphatic imine (C=N–C) groups is 1. The highest BCUT2D eigenvalue weighted by Crippen LogP contribution is 2.34. The number of methoxy groups -OCH3 is 1. The van der Waals surface area contributed by atoms with Gasteiger partial charge in [-0.15, -0.1) is 0 Å². The Morgan fingerprint density at radius 3 is 2.86 bits per heavy atom. The third-order valence-electron chi connectivity index (χ3n) is 2.47. The molecule has 1 aliphatic heterocycles. The third-order valence-corrected chi connectivity index (χ3v) is 4.19. The molecule has 0 saturated heterocycles. The molecule has 21 heavy (non-hydrogen) atoms. The molecule has 1 aromatic carbocycles. The van der Waals surface area contributed by atoms with Gasteiger partial charge in [-0.3, -0.25) is 9.59 Å². The number of halogens is 1. The summed E-state index contributed by atoms with van der Waals surface area (Å²) in [6.07, 6.45) is 1.63. The number of carbonyl (C=O) groups is 2. The van der Waals surface area contributed by atoms with E-state index in [4.69, 9.17) is 4.74 Å². The molecule has 6 nitrogen and oxygen atoms in total. The Balaban J connectivity index is 2.28. The number of nitrogens with zero attached hydrogens (tertiary/aromatic N) is 1. The number of carbonyl (C=O) groups excluding carboxylic acids is 2. The second kappa shape index (κ2) is 6.48. The number of phenolic OH excluding ortho intramolecular Hbond substituents is 1. The first-order valence-electron chi connectivity index (χ1n) is 5.77. The minimum absolute atomic E-state index is 0.0563. The highest BCUT2D eigenvalue weighted by Gasteiger charge is 2.22. The van der Waals surface area contributed by atoms with Crippen LogP contribution in [0.3, 0.4) is 0 Å². The van der Waals surface area contributed by atoms with E-state index in [9.17, 15) is 14.7 Å². The lowest BCUT2D eigenvalue weighted by Gasteiger charge is -2.07. The first-order valence-corrected chi connectivity index (χ1v) is 7.67. The van der Waals surface area contributed by atoms with E-state index in [1.165, 1.54) is 14.0 Å². The van der Waals surface area contributed by atoms with Crippen molar-refractivity contribution in [3.05, 3.63) is 26.2 Å². The topological polar surface area (TPSA) is 88.0 Å². The Bertz CT molecular complexity index is 685. The lowest BCUT2D eigenvalue weighted by atomic mass is 10.2. The van der Waals surface area contributed by atoms with Crippen molar-refractivity contribution >= 4 is 57.4 Å². The van der Waals surface area contributed by atoms with Crippen LogP contribution in [0.15, 0.2) is 22.0 Å². The molecule has 2 N–H and O–H groups in total. The minimum atomic E-state index is -0.411. The second-order valence-corrected chi connectivity index (χ2v) is 6.26. The molecular weight excluding hydrogens is 407 g/mol. The van der Waals surface area contributed by atoms with Crippen molar-refractivity contribution in [1.82, 2.24) is 5.32 Å². The highest BCUT2D eigenvalue weighted by atomic mass is 127. The van der Waals surface area contributed by atoms with Gasteiger partial charge in [-0.2, -0.15) is 4.99 Å². The maximum atomic E-state index is 11.8. The monoisotopic (exact) mass is 418 g/mol. The van der Waals surface area contributed by atoms with Gasteiger partial charge in [-0.25, -0.2) is 0 Å². The number of phenols is 1. The standard InChI is InChI=1S/C13H11IN2O4S/c1-6(17)15-13-16-12(19)10(21-13)5-7-3-8(14)11(18)9(4-7)20-2/h3-5,18H,1-2H3,(H,15,16,17,19). The number of benzene rings is 1. The lowest BCUT2D eigenvalue weighted by Crippen LogP contribution is -2.23. The smallest absolute Gasteiger partial charge is 0.286 e. The van der Waals surface area contributed by atoms with Crippen LogP contribution in [0.25, 0.3) is 6.08 Å². The van der Waals surface area contributed by atoms with Gasteiger partial charge in [-0.1, -0.05) is 0 Å². The minimum Gasteiger partial charge on any atom is -0.504 e. The van der Waals surface area contributed by atoms with Crippen LogP contribution in [0.1, 0.15) is 12.5 Å². The molecule has 0 fully saturated rings. The van der Waals surface area contributed by atoms with E-state index in [-0.39, 0.29) is 16.8 Å². The van der Waals surface area contributed by atoms with Gasteiger partial charge in [-0.05, 0) is 58.1 Å². The number of ether oxygens (including phenoxy) is 1. The number of thioether (sulfide) groups is 1. The maximum absolute atomic E-state index is 11.8. The average Bonchev–Trinajstić information content (AvgIpc) is 2.72. The molecule has 0 aromatic heterocycles. The van der Waals surface area contributed by atoms with Crippen molar-refractivity contribution in [1.29, 1.82) is 0 Å². The van der Waals surface area contributed by atoms with Gasteiger partial charge in [0.1, 0.15) is 0 Å². The molecule has 8 heteroatoms. The summed E-state index contributed by atoms with van der Waals surface area (Å²) in [5, 5.41) is 12.5. The summed E-state index contributed by atoms with van der Waals surface area (Å²) in [6, 6.07) is 3.34. The van der Waals surface area contributed by atoms with Crippen LogP contribution in [-0.4, -0.2) is 29.2 Å². The molecule has 1 aliphatic rings. The molecule has 2 rings (SSSR count). The fourth-order valence-corrected chi connectivity index (χ4v) is 3.08. The Morgan fingerprint density at radius 1 is 1.52 bits per heavy atom. The quantitative estimate of drug-likeness (QED) is 0.568. The Morgan fingerprint density at radius 2 is 2.24 bits per heavy atom. The van der Waals surface area contributed by atoms with E-state index in [1.807, 2.05) is 22.6 Å². The average molecular weight is 418 g/mol. The fraction of sp³-hybridized carbons (Fsp3) is 0.154. The Hall–Kier alpha value is -1.55. The number of amides is 2. The molecule has 0 bridgehead atoms. The Labute approximate surface area is 138 Å². The summed E-state index contributed by atoms with van der Waals surface area (Å²) in [6.45, 7) is 1.35. The Kier molecular flexibility index (Phi) is 4.88. The second-order valence-electron chi connectivity index (χ2n) is 4.07. The van der Waals surface area contributed by atoms with E-state index < -0.39 is 5.91 Å². The van der Waals surface area contributed by atoms with E-state index in [2.05, 4.69) is 10.3 Å². The van der Waals surface area contributed by atoms with E-state index in [0.29, 0.717) is 19.8 Å². The van der Waals surface area contributed by atoms with Gasteiger partial charge < -0.3 is 15.2 Å². The van der Waals surface area contributed by atoms with Crippen LogP contribution >= 0.6 is 34.4 Å². The van der Waals surface area contributed by atoms with E-state index in [1.54, 1.807) is 18.2 Å². The van der Waals surface area contributed by atoms with Crippen LogP contribution in [0.5, 0.6) is 11.5 Å². The largest absolute Gasteiger partial charge is 0.504 e. The zero-order chi connectivity index (χ0) is 15.6. The predicted octanol–water partition coefficient (Wildman–Crippen LogP) is 2.11.